The van der Waals surface area contributed by atoms with Crippen molar-refractivity contribution in [3.63, 3.8) is 0 Å². The number of nitrogens with two attached hydrogens (primary N) is 1. The monoisotopic (exact) mass is 192 g/mol. The lowest BCUT2D eigenvalue weighted by Gasteiger charge is -2.03. The van der Waals surface area contributed by atoms with Crippen molar-refractivity contribution in [1.82, 2.24) is 24.7 Å². The number of methoxy groups -OCH3 is 1. The molecule has 0 spiro atoms. The van der Waals surface area contributed by atoms with Crippen LogP contribution in [0.2, 0.25) is 0 Å². The highest BCUT2D eigenvalue weighted by molar-refractivity contribution is 5.33. The molecule has 0 bridgehead atoms. The van der Waals surface area contributed by atoms with Gasteiger partial charge in [-0.05, 0) is 0 Å². The average molecular weight is 192 g/mol. The maximum absolute atomic E-state index is 5.48. The van der Waals surface area contributed by atoms with E-state index in [1.165, 1.54) is 24.4 Å². The summed E-state index contributed by atoms with van der Waals surface area (Å²) in [7, 11) is 1.51. The van der Waals surface area contributed by atoms with E-state index < -0.39 is 0 Å². The molecule has 0 amide bonds. The maximum atomic E-state index is 5.48. The SMILES string of the molecule is COc1cc(-n2cncn2)nc(N)n1. The maximum Gasteiger partial charge on any atom is 0.225 e. The second-order valence-corrected chi connectivity index (χ2v) is 2.47. The summed E-state index contributed by atoms with van der Waals surface area (Å²) in [6.45, 7) is 0. The molecule has 0 aliphatic heterocycles. The zero-order chi connectivity index (χ0) is 9.97. The lowest BCUT2D eigenvalue weighted by Crippen LogP contribution is -2.04. The molecule has 0 aliphatic carbocycles. The molecule has 2 aromatic heterocycles. The molecule has 2 heterocycles. The number of nitrogens with zero attached hydrogens (tertiary/aromatic N) is 5. The molecule has 0 aromatic carbocycles. The highest BCUT2D eigenvalue weighted by Crippen LogP contribution is 2.12. The van der Waals surface area contributed by atoms with Crippen LogP contribution < -0.4 is 10.5 Å². The highest BCUT2D eigenvalue weighted by atomic mass is 16.5. The Hall–Kier alpha value is -2.18. The van der Waals surface area contributed by atoms with Crippen LogP contribution >= 0.6 is 0 Å². The summed E-state index contributed by atoms with van der Waals surface area (Å²) in [4.78, 5) is 11.6. The molecule has 0 atom stereocenters. The van der Waals surface area contributed by atoms with E-state index in [2.05, 4.69) is 20.1 Å². The minimum Gasteiger partial charge on any atom is -0.481 e. The molecule has 2 rings (SSSR count). The molecule has 0 unspecified atom stereocenters. The van der Waals surface area contributed by atoms with Crippen LogP contribution in [0.4, 0.5) is 5.95 Å². The van der Waals surface area contributed by atoms with Gasteiger partial charge in [-0.1, -0.05) is 0 Å². The Morgan fingerprint density at radius 3 is 2.93 bits per heavy atom. The predicted molar refractivity (Wildman–Crippen MR) is 47.9 cm³/mol. The van der Waals surface area contributed by atoms with Crippen molar-refractivity contribution in [2.45, 2.75) is 0 Å². The molecular formula is C7H8N6O. The fourth-order valence-corrected chi connectivity index (χ4v) is 0.979. The van der Waals surface area contributed by atoms with Crippen LogP contribution in [0.1, 0.15) is 0 Å². The fourth-order valence-electron chi connectivity index (χ4n) is 0.979. The van der Waals surface area contributed by atoms with Crippen molar-refractivity contribution in [3.8, 4) is 11.7 Å². The third-order valence-corrected chi connectivity index (χ3v) is 1.57. The van der Waals surface area contributed by atoms with Crippen molar-refractivity contribution < 1.29 is 4.74 Å². The van der Waals surface area contributed by atoms with E-state index >= 15 is 0 Å². The van der Waals surface area contributed by atoms with Crippen LogP contribution in [-0.2, 0) is 0 Å². The summed E-state index contributed by atoms with van der Waals surface area (Å²) in [5.41, 5.74) is 5.48. The molecule has 0 fully saturated rings. The molecule has 0 radical (unpaired) electrons. The van der Waals surface area contributed by atoms with E-state index in [9.17, 15) is 0 Å². The Morgan fingerprint density at radius 2 is 2.29 bits per heavy atom. The Balaban J connectivity index is 2.48. The quantitative estimate of drug-likeness (QED) is 0.699. The molecule has 2 N–H and O–H groups in total. The van der Waals surface area contributed by atoms with Crippen molar-refractivity contribution in [2.75, 3.05) is 12.8 Å². The Kier molecular flexibility index (Phi) is 1.98. The Morgan fingerprint density at radius 1 is 1.43 bits per heavy atom. The number of ether oxygens (including phenoxy) is 1. The third-order valence-electron chi connectivity index (χ3n) is 1.57. The molecule has 0 saturated carbocycles. The molecule has 0 aliphatic rings. The molecule has 7 heteroatoms. The summed E-state index contributed by atoms with van der Waals surface area (Å²) in [6, 6.07) is 1.62. The Bertz CT molecular complexity index is 426. The van der Waals surface area contributed by atoms with Gasteiger partial charge in [0.1, 0.15) is 12.7 Å². The minimum atomic E-state index is 0.134. The zero-order valence-corrected chi connectivity index (χ0v) is 7.45. The van der Waals surface area contributed by atoms with E-state index in [-0.39, 0.29) is 5.95 Å². The number of hydrogen-bond donors (Lipinski definition) is 1. The lowest BCUT2D eigenvalue weighted by molar-refractivity contribution is 0.397. The van der Waals surface area contributed by atoms with Gasteiger partial charge in [-0.15, -0.1) is 0 Å². The van der Waals surface area contributed by atoms with E-state index in [0.29, 0.717) is 11.7 Å². The zero-order valence-electron chi connectivity index (χ0n) is 7.45. The van der Waals surface area contributed by atoms with Crippen molar-refractivity contribution in [1.29, 1.82) is 0 Å². The minimum absolute atomic E-state index is 0.134. The summed E-state index contributed by atoms with van der Waals surface area (Å²) in [5, 5.41) is 3.91. The summed E-state index contributed by atoms with van der Waals surface area (Å²) >= 11 is 0. The first kappa shape index (κ1) is 8.42. The van der Waals surface area contributed by atoms with Crippen LogP contribution in [0.25, 0.3) is 5.82 Å². The Labute approximate surface area is 79.6 Å². The van der Waals surface area contributed by atoms with Gasteiger partial charge in [0.05, 0.1) is 7.11 Å². The third kappa shape index (κ3) is 1.47. The van der Waals surface area contributed by atoms with Crippen LogP contribution in [0.15, 0.2) is 18.7 Å². The highest BCUT2D eigenvalue weighted by Gasteiger charge is 2.04. The van der Waals surface area contributed by atoms with E-state index in [4.69, 9.17) is 10.5 Å². The summed E-state index contributed by atoms with van der Waals surface area (Å²) < 4.78 is 6.41. The van der Waals surface area contributed by atoms with E-state index in [1.807, 2.05) is 0 Å². The first-order valence-corrected chi connectivity index (χ1v) is 3.83. The van der Waals surface area contributed by atoms with Gasteiger partial charge < -0.3 is 10.5 Å². The van der Waals surface area contributed by atoms with Gasteiger partial charge in [0, 0.05) is 6.07 Å². The molecular weight excluding hydrogens is 184 g/mol. The summed E-state index contributed by atoms with van der Waals surface area (Å²) in [5.74, 6) is 1.05. The van der Waals surface area contributed by atoms with Crippen molar-refractivity contribution in [2.24, 2.45) is 0 Å². The van der Waals surface area contributed by atoms with Gasteiger partial charge in [-0.2, -0.15) is 15.1 Å². The summed E-state index contributed by atoms with van der Waals surface area (Å²) in [6.07, 6.45) is 2.92. The average Bonchev–Trinajstić information content (AvgIpc) is 2.69. The first-order valence-electron chi connectivity index (χ1n) is 3.83. The largest absolute Gasteiger partial charge is 0.481 e. The van der Waals surface area contributed by atoms with Crippen molar-refractivity contribution in [3.05, 3.63) is 18.7 Å². The van der Waals surface area contributed by atoms with Crippen LogP contribution in [0.5, 0.6) is 5.88 Å². The second kappa shape index (κ2) is 3.29. The van der Waals surface area contributed by atoms with Crippen LogP contribution in [-0.4, -0.2) is 31.8 Å². The van der Waals surface area contributed by atoms with Gasteiger partial charge in [0.25, 0.3) is 0 Å². The number of anilines is 1. The molecule has 2 aromatic rings. The smallest absolute Gasteiger partial charge is 0.225 e. The topological polar surface area (TPSA) is 91.7 Å². The lowest BCUT2D eigenvalue weighted by atomic mass is 10.5. The predicted octanol–water partition coefficient (Wildman–Crippen LogP) is -0.352. The fraction of sp³-hybridized carbons (Fsp3) is 0.143. The number of hydrogen-bond acceptors (Lipinski definition) is 6. The van der Waals surface area contributed by atoms with Crippen molar-refractivity contribution >= 4 is 5.95 Å². The van der Waals surface area contributed by atoms with Crippen LogP contribution in [0.3, 0.4) is 0 Å². The number of aromatic nitrogens is 5. The first-order chi connectivity index (χ1) is 6.79. The number of rotatable bonds is 2. The molecule has 14 heavy (non-hydrogen) atoms. The normalized spacial score (nSPS) is 10.1. The molecule has 0 saturated heterocycles. The second-order valence-electron chi connectivity index (χ2n) is 2.47. The van der Waals surface area contributed by atoms with Gasteiger partial charge in [0.2, 0.25) is 11.8 Å². The van der Waals surface area contributed by atoms with E-state index in [0.717, 1.165) is 0 Å². The number of nitrogen functional groups attached to an aromatic ring is 1. The van der Waals surface area contributed by atoms with Gasteiger partial charge in [-0.25, -0.2) is 9.67 Å². The standard InChI is InChI=1S/C7H8N6O/c1-14-6-2-5(11-7(8)12-6)13-4-9-3-10-13/h2-4H,1H3,(H2,8,11,12). The van der Waals surface area contributed by atoms with E-state index in [1.54, 1.807) is 6.07 Å². The molecule has 72 valence electrons. The van der Waals surface area contributed by atoms with Gasteiger partial charge in [-0.3, -0.25) is 0 Å². The molecule has 7 nitrogen and oxygen atoms in total. The van der Waals surface area contributed by atoms with Gasteiger partial charge >= 0.3 is 0 Å². The van der Waals surface area contributed by atoms with Gasteiger partial charge in [0.15, 0.2) is 5.82 Å². The van der Waals surface area contributed by atoms with Crippen LogP contribution in [0, 0.1) is 0 Å².